The molecule has 0 bridgehead atoms. The molecule has 2 rings (SSSR count). The molecule has 0 aliphatic heterocycles. The number of aliphatic imine (C=N–C) groups is 1. The van der Waals surface area contributed by atoms with Gasteiger partial charge in [-0.05, 0) is 43.7 Å². The lowest BCUT2D eigenvalue weighted by Crippen LogP contribution is -2.30. The van der Waals surface area contributed by atoms with E-state index in [2.05, 4.69) is 20.9 Å². The van der Waals surface area contributed by atoms with Crippen molar-refractivity contribution >= 4 is 47.2 Å². The number of ether oxygens (including phenoxy) is 2. The predicted molar refractivity (Wildman–Crippen MR) is 138 cm³/mol. The fourth-order valence-electron chi connectivity index (χ4n) is 2.61. The number of carbonyl (C=O) groups is 1. The average molecular weight is 540 g/mol. The third-order valence-corrected chi connectivity index (χ3v) is 4.24. The second kappa shape index (κ2) is 13.7. The third-order valence-electron chi connectivity index (χ3n) is 4.24. The van der Waals surface area contributed by atoms with Gasteiger partial charge in [0, 0.05) is 29.9 Å². The van der Waals surface area contributed by atoms with Crippen LogP contribution in [0.15, 0.2) is 47.5 Å². The van der Waals surface area contributed by atoms with E-state index < -0.39 is 0 Å². The summed E-state index contributed by atoms with van der Waals surface area (Å²) in [5.74, 6) is 1.99. The number of nitrogens with one attached hydrogen (secondary N) is 3. The van der Waals surface area contributed by atoms with Crippen LogP contribution in [0.5, 0.6) is 11.5 Å². The highest BCUT2D eigenvalue weighted by atomic mass is 127. The quantitative estimate of drug-likeness (QED) is 0.240. The van der Waals surface area contributed by atoms with E-state index in [1.165, 1.54) is 0 Å². The Morgan fingerprint density at radius 2 is 1.68 bits per heavy atom. The molecular weight excluding hydrogens is 507 g/mol. The van der Waals surface area contributed by atoms with E-state index in [1.54, 1.807) is 7.11 Å². The van der Waals surface area contributed by atoms with Gasteiger partial charge < -0.3 is 25.4 Å². The number of methoxy groups -OCH3 is 1. The van der Waals surface area contributed by atoms with Crippen molar-refractivity contribution in [2.24, 2.45) is 10.9 Å². The average Bonchev–Trinajstić information content (AvgIpc) is 2.74. The van der Waals surface area contributed by atoms with Gasteiger partial charge in [0.1, 0.15) is 0 Å². The largest absolute Gasteiger partial charge is 0.493 e. The van der Waals surface area contributed by atoms with Gasteiger partial charge in [0.25, 0.3) is 0 Å². The van der Waals surface area contributed by atoms with Crippen LogP contribution >= 0.6 is 24.0 Å². The maximum Gasteiger partial charge on any atom is 0.226 e. The Balaban J connectivity index is 0.00000480. The Labute approximate surface area is 202 Å². The van der Waals surface area contributed by atoms with E-state index in [-0.39, 0.29) is 35.8 Å². The molecule has 31 heavy (non-hydrogen) atoms. The molecule has 7 nitrogen and oxygen atoms in total. The summed E-state index contributed by atoms with van der Waals surface area (Å²) in [7, 11) is 1.62. The maximum atomic E-state index is 11.8. The van der Waals surface area contributed by atoms with E-state index in [0.717, 1.165) is 23.5 Å². The number of hydrogen-bond acceptors (Lipinski definition) is 4. The normalized spacial score (nSPS) is 10.8. The van der Waals surface area contributed by atoms with Gasteiger partial charge >= 0.3 is 0 Å². The smallest absolute Gasteiger partial charge is 0.226 e. The van der Waals surface area contributed by atoms with E-state index in [0.29, 0.717) is 30.6 Å². The highest BCUT2D eigenvalue weighted by Crippen LogP contribution is 2.30. The zero-order valence-corrected chi connectivity index (χ0v) is 21.2. The number of amides is 1. The van der Waals surface area contributed by atoms with Crippen molar-refractivity contribution in [1.29, 1.82) is 0 Å². The molecular formula is C23H33IN4O3. The first-order valence-corrected chi connectivity index (χ1v) is 10.2. The second-order valence-corrected chi connectivity index (χ2v) is 6.96. The van der Waals surface area contributed by atoms with Crippen LogP contribution in [0.25, 0.3) is 0 Å². The number of nitrogens with zero attached hydrogens (tertiary/aromatic N) is 1. The molecule has 170 valence electrons. The van der Waals surface area contributed by atoms with Crippen LogP contribution in [0, 0.1) is 5.92 Å². The minimum absolute atomic E-state index is 0. The molecule has 0 saturated heterocycles. The molecule has 0 radical (unpaired) electrons. The number of carbonyl (C=O) groups excluding carboxylic acids is 1. The molecule has 0 saturated carbocycles. The van der Waals surface area contributed by atoms with Gasteiger partial charge in [-0.25, -0.2) is 4.99 Å². The molecule has 0 unspecified atom stereocenters. The highest BCUT2D eigenvalue weighted by molar-refractivity contribution is 14.0. The Hall–Kier alpha value is -2.49. The van der Waals surface area contributed by atoms with Gasteiger partial charge in [-0.1, -0.05) is 26.0 Å². The summed E-state index contributed by atoms with van der Waals surface area (Å²) in [5.41, 5.74) is 2.67. The van der Waals surface area contributed by atoms with Gasteiger partial charge in [0.05, 0.1) is 20.3 Å². The highest BCUT2D eigenvalue weighted by Gasteiger charge is 2.08. The lowest BCUT2D eigenvalue weighted by molar-refractivity contribution is -0.118. The van der Waals surface area contributed by atoms with Crippen molar-refractivity contribution in [1.82, 2.24) is 5.32 Å². The van der Waals surface area contributed by atoms with E-state index in [1.807, 2.05) is 70.2 Å². The third kappa shape index (κ3) is 8.64. The Kier molecular flexibility index (Phi) is 11.8. The SMILES string of the molecule is CCNC(=NCc1ccc(NC(=O)C(C)C)cc1)Nc1ccc(OCC)c(OC)c1.I. The molecule has 0 aliphatic rings. The van der Waals surface area contributed by atoms with Crippen LogP contribution in [-0.4, -0.2) is 32.1 Å². The molecule has 0 aliphatic carbocycles. The van der Waals surface area contributed by atoms with Crippen LogP contribution < -0.4 is 25.4 Å². The minimum Gasteiger partial charge on any atom is -0.493 e. The van der Waals surface area contributed by atoms with Crippen LogP contribution in [0.2, 0.25) is 0 Å². The van der Waals surface area contributed by atoms with Crippen LogP contribution in [-0.2, 0) is 11.3 Å². The van der Waals surface area contributed by atoms with Crippen molar-refractivity contribution in [2.75, 3.05) is 30.9 Å². The first kappa shape index (κ1) is 26.5. The fourth-order valence-corrected chi connectivity index (χ4v) is 2.61. The molecule has 8 heteroatoms. The Bertz CT molecular complexity index is 854. The van der Waals surface area contributed by atoms with Gasteiger partial charge in [-0.15, -0.1) is 24.0 Å². The molecule has 0 aromatic heterocycles. The summed E-state index contributed by atoms with van der Waals surface area (Å²) >= 11 is 0. The van der Waals surface area contributed by atoms with Crippen LogP contribution in [0.1, 0.15) is 33.3 Å². The molecule has 1 amide bonds. The molecule has 0 spiro atoms. The topological polar surface area (TPSA) is 84.0 Å². The van der Waals surface area contributed by atoms with Crippen molar-refractivity contribution in [3.63, 3.8) is 0 Å². The standard InChI is InChI=1S/C23H32N4O3.HI/c1-6-24-23(27-19-12-13-20(30-7-2)21(14-19)29-5)25-15-17-8-10-18(11-9-17)26-22(28)16(3)4;/h8-14,16H,6-7,15H2,1-5H3,(H,26,28)(H2,24,25,27);1H. The number of anilines is 2. The van der Waals surface area contributed by atoms with E-state index in [9.17, 15) is 4.79 Å². The van der Waals surface area contributed by atoms with Gasteiger partial charge in [-0.2, -0.15) is 0 Å². The van der Waals surface area contributed by atoms with Gasteiger partial charge in [0.15, 0.2) is 17.5 Å². The molecule has 2 aromatic rings. The zero-order chi connectivity index (χ0) is 21.9. The molecule has 2 aromatic carbocycles. The van der Waals surface area contributed by atoms with Crippen LogP contribution in [0.3, 0.4) is 0 Å². The summed E-state index contributed by atoms with van der Waals surface area (Å²) in [6, 6.07) is 13.4. The molecule has 3 N–H and O–H groups in total. The predicted octanol–water partition coefficient (Wildman–Crippen LogP) is 4.88. The van der Waals surface area contributed by atoms with E-state index in [4.69, 9.17) is 9.47 Å². The fraction of sp³-hybridized carbons (Fsp3) is 0.391. The van der Waals surface area contributed by atoms with Gasteiger partial charge in [0.2, 0.25) is 5.91 Å². The van der Waals surface area contributed by atoms with Gasteiger partial charge in [-0.3, -0.25) is 4.79 Å². The lowest BCUT2D eigenvalue weighted by atomic mass is 10.2. The monoisotopic (exact) mass is 540 g/mol. The summed E-state index contributed by atoms with van der Waals surface area (Å²) < 4.78 is 11.0. The maximum absolute atomic E-state index is 11.8. The molecule has 0 heterocycles. The molecule has 0 fully saturated rings. The minimum atomic E-state index is -0.0516. The second-order valence-electron chi connectivity index (χ2n) is 6.96. The Morgan fingerprint density at radius 3 is 2.26 bits per heavy atom. The van der Waals surface area contributed by atoms with Crippen molar-refractivity contribution in [3.8, 4) is 11.5 Å². The number of guanidine groups is 1. The number of rotatable bonds is 9. The van der Waals surface area contributed by atoms with Crippen molar-refractivity contribution in [3.05, 3.63) is 48.0 Å². The van der Waals surface area contributed by atoms with Crippen LogP contribution in [0.4, 0.5) is 11.4 Å². The zero-order valence-electron chi connectivity index (χ0n) is 18.8. The summed E-state index contributed by atoms with van der Waals surface area (Å²) in [4.78, 5) is 16.4. The van der Waals surface area contributed by atoms with E-state index >= 15 is 0 Å². The van der Waals surface area contributed by atoms with Crippen molar-refractivity contribution in [2.45, 2.75) is 34.2 Å². The van der Waals surface area contributed by atoms with Crippen molar-refractivity contribution < 1.29 is 14.3 Å². The summed E-state index contributed by atoms with van der Waals surface area (Å²) in [6.07, 6.45) is 0. The number of halogens is 1. The summed E-state index contributed by atoms with van der Waals surface area (Å²) in [6.45, 7) is 9.50. The molecule has 0 atom stereocenters. The Morgan fingerprint density at radius 1 is 1.00 bits per heavy atom. The first-order valence-electron chi connectivity index (χ1n) is 10.2. The lowest BCUT2D eigenvalue weighted by Gasteiger charge is -2.14. The number of hydrogen-bond donors (Lipinski definition) is 3. The first-order chi connectivity index (χ1) is 14.5. The number of benzene rings is 2. The summed E-state index contributed by atoms with van der Waals surface area (Å²) in [5, 5.41) is 9.42.